The number of hydroxylamine groups is 1. The first-order valence-corrected chi connectivity index (χ1v) is 11.3. The van der Waals surface area contributed by atoms with Gasteiger partial charge >= 0.3 is 0 Å². The number of methoxy groups -OCH3 is 2. The minimum absolute atomic E-state index is 0.0243. The van der Waals surface area contributed by atoms with Crippen molar-refractivity contribution >= 4 is 16.9 Å². The van der Waals surface area contributed by atoms with Crippen molar-refractivity contribution in [2.45, 2.75) is 26.4 Å². The number of nitrogens with one attached hydrogen (secondary N) is 1. The van der Waals surface area contributed by atoms with E-state index in [1.54, 1.807) is 23.1 Å². The minimum Gasteiger partial charge on any atom is -0.497 e. The van der Waals surface area contributed by atoms with Crippen LogP contribution in [0.3, 0.4) is 0 Å². The Bertz CT molecular complexity index is 1560. The largest absolute Gasteiger partial charge is 0.497 e. The van der Waals surface area contributed by atoms with Gasteiger partial charge < -0.3 is 18.9 Å². The van der Waals surface area contributed by atoms with Gasteiger partial charge in [-0.25, -0.2) is 14.4 Å². The van der Waals surface area contributed by atoms with E-state index in [-0.39, 0.29) is 17.5 Å². The molecule has 4 heterocycles. The van der Waals surface area contributed by atoms with E-state index in [4.69, 9.17) is 19.3 Å². The monoisotopic (exact) mass is 491 g/mol. The van der Waals surface area contributed by atoms with Crippen LogP contribution in [0.4, 0.5) is 10.1 Å². The van der Waals surface area contributed by atoms with E-state index in [0.717, 1.165) is 16.9 Å². The highest BCUT2D eigenvalue weighted by Crippen LogP contribution is 2.32. The van der Waals surface area contributed by atoms with Gasteiger partial charge in [0, 0.05) is 36.5 Å². The van der Waals surface area contributed by atoms with Gasteiger partial charge in [0.15, 0.2) is 17.2 Å². The molecular weight excluding hydrogens is 465 g/mol. The fourth-order valence-corrected chi connectivity index (χ4v) is 4.07. The lowest BCUT2D eigenvalue weighted by atomic mass is 10.1. The number of benzene rings is 1. The minimum atomic E-state index is -0.588. The van der Waals surface area contributed by atoms with Crippen LogP contribution in [0.1, 0.15) is 13.8 Å². The molecular formula is C25H26FN7O3. The van der Waals surface area contributed by atoms with Gasteiger partial charge in [0.2, 0.25) is 0 Å². The standard InChI is InChI=1S/C25H26FN7O3/c1-14-18(15(2)36-31-14)13-33-23(29-20-8-17(34-4)9-22(35-5)24(20)26)7-6-19-25(33)30-21(11-27-19)16-10-28-32(3)12-16/h6-12,14,31H,13H2,1-5H3. The molecule has 0 aliphatic carbocycles. The molecule has 11 heteroatoms. The van der Waals surface area contributed by atoms with E-state index in [1.807, 2.05) is 37.7 Å². The quantitative estimate of drug-likeness (QED) is 0.441. The van der Waals surface area contributed by atoms with Crippen molar-refractivity contribution in [1.82, 2.24) is 29.8 Å². The van der Waals surface area contributed by atoms with Gasteiger partial charge in [-0.3, -0.25) is 9.67 Å². The predicted molar refractivity (Wildman–Crippen MR) is 131 cm³/mol. The van der Waals surface area contributed by atoms with E-state index < -0.39 is 5.82 Å². The van der Waals surface area contributed by atoms with Gasteiger partial charge in [0.05, 0.1) is 44.9 Å². The lowest BCUT2D eigenvalue weighted by molar-refractivity contribution is 0.121. The van der Waals surface area contributed by atoms with Gasteiger partial charge in [-0.2, -0.15) is 10.6 Å². The summed E-state index contributed by atoms with van der Waals surface area (Å²) in [6.45, 7) is 4.31. The van der Waals surface area contributed by atoms with E-state index in [9.17, 15) is 0 Å². The van der Waals surface area contributed by atoms with Crippen LogP contribution in [-0.4, -0.2) is 44.6 Å². The zero-order valence-corrected chi connectivity index (χ0v) is 20.6. The number of hydrogen-bond donors (Lipinski definition) is 1. The Hall–Kier alpha value is -4.25. The highest BCUT2D eigenvalue weighted by Gasteiger charge is 2.22. The van der Waals surface area contributed by atoms with Crippen LogP contribution in [0.5, 0.6) is 11.5 Å². The second kappa shape index (κ2) is 9.42. The zero-order chi connectivity index (χ0) is 25.4. The Morgan fingerprint density at radius 2 is 2.03 bits per heavy atom. The molecule has 3 aromatic heterocycles. The summed E-state index contributed by atoms with van der Waals surface area (Å²) in [5, 5.41) is 4.24. The first kappa shape index (κ1) is 23.5. The second-order valence-electron chi connectivity index (χ2n) is 8.44. The molecule has 4 aromatic rings. The summed E-state index contributed by atoms with van der Waals surface area (Å²) in [6, 6.07) is 6.58. The second-order valence-corrected chi connectivity index (χ2v) is 8.44. The topological polar surface area (TPSA) is 101 Å². The summed E-state index contributed by atoms with van der Waals surface area (Å²) in [7, 11) is 4.75. The third kappa shape index (κ3) is 4.29. The molecule has 10 nitrogen and oxygen atoms in total. The molecule has 0 amide bonds. The third-order valence-corrected chi connectivity index (χ3v) is 6.08. The summed E-state index contributed by atoms with van der Waals surface area (Å²) < 4.78 is 29.3. The van der Waals surface area contributed by atoms with Crippen molar-refractivity contribution in [1.29, 1.82) is 0 Å². The number of halogens is 1. The molecule has 0 saturated carbocycles. The SMILES string of the molecule is COc1cc(N=c2ccc3ncc(-c4cnn(C)c4)nc3n2CC2=C(C)ONC2C)c(F)c(OC)c1. The van der Waals surface area contributed by atoms with Crippen LogP contribution in [0.25, 0.3) is 22.4 Å². The average molecular weight is 492 g/mol. The van der Waals surface area contributed by atoms with Crippen molar-refractivity contribution in [3.63, 3.8) is 0 Å². The lowest BCUT2D eigenvalue weighted by Gasteiger charge is -2.15. The molecule has 0 radical (unpaired) electrons. The summed E-state index contributed by atoms with van der Waals surface area (Å²) in [6.07, 6.45) is 5.31. The number of pyridine rings is 1. The maximum Gasteiger partial charge on any atom is 0.190 e. The molecule has 1 N–H and O–H groups in total. The van der Waals surface area contributed by atoms with Crippen LogP contribution in [0.2, 0.25) is 0 Å². The Labute approximate surface area is 206 Å². The number of aryl methyl sites for hydroxylation is 1. The number of rotatable bonds is 6. The maximum atomic E-state index is 15.2. The number of aromatic nitrogens is 5. The first-order valence-electron chi connectivity index (χ1n) is 11.3. The van der Waals surface area contributed by atoms with Crippen LogP contribution in [0, 0.1) is 5.82 Å². The molecule has 1 aliphatic heterocycles. The number of allylic oxidation sites excluding steroid dienone is 1. The van der Waals surface area contributed by atoms with Crippen molar-refractivity contribution in [2.24, 2.45) is 12.0 Å². The van der Waals surface area contributed by atoms with E-state index in [0.29, 0.717) is 34.6 Å². The maximum absolute atomic E-state index is 15.2. The van der Waals surface area contributed by atoms with Gasteiger partial charge in [0.1, 0.15) is 28.2 Å². The van der Waals surface area contributed by atoms with E-state index in [1.165, 1.54) is 26.4 Å². The Balaban J connectivity index is 1.77. The van der Waals surface area contributed by atoms with Crippen LogP contribution in [-0.2, 0) is 18.4 Å². The molecule has 0 fully saturated rings. The van der Waals surface area contributed by atoms with Gasteiger partial charge in [0.25, 0.3) is 0 Å². The van der Waals surface area contributed by atoms with E-state index >= 15 is 4.39 Å². The molecule has 1 aliphatic rings. The molecule has 0 spiro atoms. The molecule has 1 atom stereocenters. The number of hydrogen-bond acceptors (Lipinski definition) is 8. The number of fused-ring (bicyclic) bond motifs is 1. The third-order valence-electron chi connectivity index (χ3n) is 6.08. The zero-order valence-electron chi connectivity index (χ0n) is 20.6. The summed E-state index contributed by atoms with van der Waals surface area (Å²) in [5.41, 5.74) is 7.31. The molecule has 1 unspecified atom stereocenters. The van der Waals surface area contributed by atoms with Gasteiger partial charge in [-0.05, 0) is 26.0 Å². The normalized spacial score (nSPS) is 16.1. The van der Waals surface area contributed by atoms with Crippen molar-refractivity contribution < 1.29 is 18.7 Å². The van der Waals surface area contributed by atoms with Gasteiger partial charge in [-0.15, -0.1) is 0 Å². The average Bonchev–Trinajstić information content (AvgIpc) is 3.46. The molecule has 186 valence electrons. The lowest BCUT2D eigenvalue weighted by Crippen LogP contribution is -2.27. The van der Waals surface area contributed by atoms with Crippen molar-refractivity contribution in [2.75, 3.05) is 14.2 Å². The van der Waals surface area contributed by atoms with Crippen LogP contribution >= 0.6 is 0 Å². The molecule has 0 saturated heterocycles. The first-order chi connectivity index (χ1) is 17.4. The smallest absolute Gasteiger partial charge is 0.190 e. The van der Waals surface area contributed by atoms with E-state index in [2.05, 4.69) is 20.6 Å². The molecule has 5 rings (SSSR count). The fraction of sp³-hybridized carbons (Fsp3) is 0.280. The van der Waals surface area contributed by atoms with Crippen LogP contribution < -0.4 is 20.4 Å². The number of ether oxygens (including phenoxy) is 2. The van der Waals surface area contributed by atoms with Crippen molar-refractivity contribution in [3.05, 3.63) is 65.5 Å². The Morgan fingerprint density at radius 3 is 2.69 bits per heavy atom. The highest BCUT2D eigenvalue weighted by atomic mass is 19.1. The summed E-state index contributed by atoms with van der Waals surface area (Å²) in [5.74, 6) is 0.650. The molecule has 1 aromatic carbocycles. The van der Waals surface area contributed by atoms with Gasteiger partial charge in [-0.1, -0.05) is 0 Å². The summed E-state index contributed by atoms with van der Waals surface area (Å²) in [4.78, 5) is 19.7. The summed E-state index contributed by atoms with van der Waals surface area (Å²) >= 11 is 0. The van der Waals surface area contributed by atoms with Crippen LogP contribution in [0.15, 0.2) is 59.2 Å². The Kier molecular flexibility index (Phi) is 6.15. The molecule has 0 bridgehead atoms. The molecule has 36 heavy (non-hydrogen) atoms. The highest BCUT2D eigenvalue weighted by molar-refractivity contribution is 5.73. The number of nitrogens with zero attached hydrogens (tertiary/aromatic N) is 6. The Morgan fingerprint density at radius 1 is 1.19 bits per heavy atom. The fourth-order valence-electron chi connectivity index (χ4n) is 4.07. The van der Waals surface area contributed by atoms with Crippen molar-refractivity contribution in [3.8, 4) is 22.8 Å². The predicted octanol–water partition coefficient (Wildman–Crippen LogP) is 3.42.